The monoisotopic (exact) mass is 283 g/mol. The van der Waals surface area contributed by atoms with Crippen LogP contribution in [-0.2, 0) is 20.7 Å². The van der Waals surface area contributed by atoms with Crippen molar-refractivity contribution in [1.29, 1.82) is 0 Å². The number of alkyl halides is 1. The van der Waals surface area contributed by atoms with Gasteiger partial charge in [0.2, 0.25) is 5.91 Å². The molecule has 0 aliphatic carbocycles. The van der Waals surface area contributed by atoms with Crippen LogP contribution < -0.4 is 4.90 Å². The van der Waals surface area contributed by atoms with Crippen molar-refractivity contribution in [2.75, 3.05) is 23.9 Å². The minimum atomic E-state index is -0.438. The maximum atomic E-state index is 11.9. The fourth-order valence-corrected chi connectivity index (χ4v) is 1.93. The summed E-state index contributed by atoms with van der Waals surface area (Å²) in [6, 6.07) is 7.46. The lowest BCUT2D eigenvalue weighted by Gasteiger charge is -2.23. The van der Waals surface area contributed by atoms with E-state index in [1.165, 1.54) is 4.90 Å². The lowest BCUT2D eigenvalue weighted by atomic mass is 10.1. The van der Waals surface area contributed by atoms with E-state index in [2.05, 4.69) is 0 Å². The Kier molecular flexibility index (Phi) is 6.36. The third-order valence-electron chi connectivity index (χ3n) is 2.67. The molecule has 0 saturated heterocycles. The van der Waals surface area contributed by atoms with E-state index in [4.69, 9.17) is 16.3 Å². The Hall–Kier alpha value is -1.55. The molecule has 0 heterocycles. The summed E-state index contributed by atoms with van der Waals surface area (Å²) in [5, 5.41) is 0. The quantitative estimate of drug-likeness (QED) is 0.595. The highest BCUT2D eigenvalue weighted by Gasteiger charge is 2.20. The number of aryl methyl sites for hydroxylation is 1. The van der Waals surface area contributed by atoms with Gasteiger partial charge in [-0.3, -0.25) is 14.5 Å². The molecular formula is C14H18ClNO3. The zero-order chi connectivity index (χ0) is 14.3. The van der Waals surface area contributed by atoms with Gasteiger partial charge in [-0.15, -0.1) is 11.6 Å². The van der Waals surface area contributed by atoms with Gasteiger partial charge >= 0.3 is 5.97 Å². The largest absolute Gasteiger partial charge is 0.465 e. The predicted octanol–water partition coefficient (Wildman–Crippen LogP) is 2.38. The molecule has 0 fully saturated rings. The third-order valence-corrected chi connectivity index (χ3v) is 2.90. The molecule has 0 aliphatic rings. The number of rotatable bonds is 6. The number of carbonyl (C=O) groups excluding carboxylic acids is 2. The zero-order valence-electron chi connectivity index (χ0n) is 11.2. The second-order valence-corrected chi connectivity index (χ2v) is 4.17. The van der Waals surface area contributed by atoms with Crippen molar-refractivity contribution in [2.24, 2.45) is 0 Å². The summed E-state index contributed by atoms with van der Waals surface area (Å²) in [4.78, 5) is 24.9. The molecule has 1 amide bonds. The van der Waals surface area contributed by atoms with Crippen molar-refractivity contribution in [3.05, 3.63) is 29.8 Å². The number of benzene rings is 1. The van der Waals surface area contributed by atoms with Gasteiger partial charge in [0.1, 0.15) is 12.4 Å². The summed E-state index contributed by atoms with van der Waals surface area (Å²) in [6.07, 6.45) is 0.769. The number of carbonyl (C=O) groups is 2. The van der Waals surface area contributed by atoms with E-state index in [-0.39, 0.29) is 24.9 Å². The van der Waals surface area contributed by atoms with Crippen LogP contribution >= 0.6 is 11.6 Å². The number of esters is 1. The van der Waals surface area contributed by atoms with Gasteiger partial charge in [-0.2, -0.15) is 0 Å². The van der Waals surface area contributed by atoms with Gasteiger partial charge in [-0.25, -0.2) is 0 Å². The molecule has 0 aliphatic heterocycles. The summed E-state index contributed by atoms with van der Waals surface area (Å²) in [5.74, 6) is -0.917. The van der Waals surface area contributed by atoms with Gasteiger partial charge < -0.3 is 4.74 Å². The number of ether oxygens (including phenoxy) is 1. The van der Waals surface area contributed by atoms with Crippen LogP contribution in [0.1, 0.15) is 19.4 Å². The topological polar surface area (TPSA) is 46.6 Å². The fourth-order valence-electron chi connectivity index (χ4n) is 1.79. The molecule has 0 aromatic heterocycles. The highest BCUT2D eigenvalue weighted by Crippen LogP contribution is 2.21. The van der Waals surface area contributed by atoms with Crippen molar-refractivity contribution < 1.29 is 14.3 Å². The number of hydrogen-bond donors (Lipinski definition) is 0. The van der Waals surface area contributed by atoms with E-state index in [0.29, 0.717) is 5.69 Å². The van der Waals surface area contributed by atoms with Crippen molar-refractivity contribution >= 4 is 29.2 Å². The van der Waals surface area contributed by atoms with E-state index >= 15 is 0 Å². The molecule has 1 aromatic carbocycles. The average Bonchev–Trinajstić information content (AvgIpc) is 2.44. The summed E-state index contributed by atoms with van der Waals surface area (Å²) >= 11 is 5.61. The lowest BCUT2D eigenvalue weighted by Crippen LogP contribution is -2.38. The minimum Gasteiger partial charge on any atom is -0.465 e. The van der Waals surface area contributed by atoms with Crippen molar-refractivity contribution in [3.8, 4) is 0 Å². The van der Waals surface area contributed by atoms with Gasteiger partial charge in [0.05, 0.1) is 6.61 Å². The van der Waals surface area contributed by atoms with Gasteiger partial charge in [-0.05, 0) is 25.0 Å². The highest BCUT2D eigenvalue weighted by atomic mass is 35.5. The molecule has 0 bridgehead atoms. The number of nitrogens with zero attached hydrogens (tertiary/aromatic N) is 1. The Labute approximate surface area is 118 Å². The summed E-state index contributed by atoms with van der Waals surface area (Å²) in [6.45, 7) is 3.89. The predicted molar refractivity (Wildman–Crippen MR) is 75.5 cm³/mol. The molecule has 19 heavy (non-hydrogen) atoms. The highest BCUT2D eigenvalue weighted by molar-refractivity contribution is 6.29. The first kappa shape index (κ1) is 15.5. The molecule has 104 valence electrons. The molecule has 5 heteroatoms. The molecule has 1 aromatic rings. The van der Waals surface area contributed by atoms with E-state index < -0.39 is 5.97 Å². The first-order valence-corrected chi connectivity index (χ1v) is 6.77. The van der Waals surface area contributed by atoms with Crippen LogP contribution in [0.4, 0.5) is 5.69 Å². The molecular weight excluding hydrogens is 266 g/mol. The standard InChI is InChI=1S/C14H18ClNO3/c1-3-11-7-5-6-8-12(11)16(13(17)9-15)10-14(18)19-4-2/h5-8H,3-4,9-10H2,1-2H3. The normalized spacial score (nSPS) is 10.1. The van der Waals surface area contributed by atoms with Gasteiger partial charge in [-0.1, -0.05) is 25.1 Å². The Bertz CT molecular complexity index is 448. The maximum Gasteiger partial charge on any atom is 0.326 e. The summed E-state index contributed by atoms with van der Waals surface area (Å²) < 4.78 is 4.89. The Balaban J connectivity index is 3.02. The van der Waals surface area contributed by atoms with Crippen LogP contribution in [0.2, 0.25) is 0 Å². The number of hydrogen-bond acceptors (Lipinski definition) is 3. The third kappa shape index (κ3) is 4.24. The Morgan fingerprint density at radius 3 is 2.53 bits per heavy atom. The van der Waals surface area contributed by atoms with E-state index in [9.17, 15) is 9.59 Å². The van der Waals surface area contributed by atoms with Crippen LogP contribution in [0.25, 0.3) is 0 Å². The van der Waals surface area contributed by atoms with Crippen LogP contribution in [0.5, 0.6) is 0 Å². The lowest BCUT2D eigenvalue weighted by molar-refractivity contribution is -0.142. The second kappa shape index (κ2) is 7.79. The zero-order valence-corrected chi connectivity index (χ0v) is 11.9. The first-order chi connectivity index (χ1) is 9.13. The van der Waals surface area contributed by atoms with Crippen molar-refractivity contribution in [3.63, 3.8) is 0 Å². The smallest absolute Gasteiger partial charge is 0.326 e. The molecule has 0 unspecified atom stereocenters. The van der Waals surface area contributed by atoms with Crippen LogP contribution in [0.15, 0.2) is 24.3 Å². The molecule has 0 radical (unpaired) electrons. The van der Waals surface area contributed by atoms with Gasteiger partial charge in [0.25, 0.3) is 0 Å². The number of halogens is 1. The SMILES string of the molecule is CCOC(=O)CN(C(=O)CCl)c1ccccc1CC. The maximum absolute atomic E-state index is 11.9. The summed E-state index contributed by atoms with van der Waals surface area (Å²) in [5.41, 5.74) is 1.70. The van der Waals surface area contributed by atoms with Crippen LogP contribution in [0.3, 0.4) is 0 Å². The van der Waals surface area contributed by atoms with Crippen molar-refractivity contribution in [2.45, 2.75) is 20.3 Å². The molecule has 1 rings (SSSR count). The first-order valence-electron chi connectivity index (χ1n) is 6.23. The van der Waals surface area contributed by atoms with E-state index in [1.54, 1.807) is 6.92 Å². The Morgan fingerprint density at radius 2 is 1.95 bits per heavy atom. The molecule has 0 atom stereocenters. The average molecular weight is 284 g/mol. The molecule has 0 N–H and O–H groups in total. The summed E-state index contributed by atoms with van der Waals surface area (Å²) in [7, 11) is 0. The van der Waals surface area contributed by atoms with Crippen molar-refractivity contribution in [1.82, 2.24) is 0 Å². The second-order valence-electron chi connectivity index (χ2n) is 3.90. The molecule has 0 saturated carbocycles. The van der Waals surface area contributed by atoms with Crippen LogP contribution in [0, 0.1) is 0 Å². The number of anilines is 1. The van der Waals surface area contributed by atoms with Gasteiger partial charge in [0, 0.05) is 5.69 Å². The fraction of sp³-hybridized carbons (Fsp3) is 0.429. The minimum absolute atomic E-state index is 0.115. The molecule has 4 nitrogen and oxygen atoms in total. The van der Waals surface area contributed by atoms with Gasteiger partial charge in [0.15, 0.2) is 0 Å². The number of para-hydroxylation sites is 1. The van der Waals surface area contributed by atoms with Crippen LogP contribution in [-0.4, -0.2) is 30.9 Å². The van der Waals surface area contributed by atoms with E-state index in [0.717, 1.165) is 12.0 Å². The Morgan fingerprint density at radius 1 is 1.26 bits per heavy atom. The van der Waals surface area contributed by atoms with E-state index in [1.807, 2.05) is 31.2 Å². The number of amides is 1. The molecule has 0 spiro atoms.